The SMILES string of the molecule is CN=C(NCCCN(C)CCOC)NC(C)c1ccc(OCC2CC2)c(F)c1.I. The monoisotopic (exact) mass is 522 g/mol. The molecule has 1 saturated carbocycles. The molecule has 1 aliphatic carbocycles. The van der Waals surface area contributed by atoms with Crippen LogP contribution in [0, 0.1) is 11.7 Å². The molecule has 0 heterocycles. The summed E-state index contributed by atoms with van der Waals surface area (Å²) in [5, 5.41) is 6.62. The predicted molar refractivity (Wildman–Crippen MR) is 127 cm³/mol. The summed E-state index contributed by atoms with van der Waals surface area (Å²) < 4.78 is 24.9. The Morgan fingerprint density at radius 3 is 2.72 bits per heavy atom. The molecule has 1 fully saturated rings. The average molecular weight is 522 g/mol. The summed E-state index contributed by atoms with van der Waals surface area (Å²) in [5.41, 5.74) is 0.860. The minimum absolute atomic E-state index is 0. The lowest BCUT2D eigenvalue weighted by Gasteiger charge is -2.20. The Morgan fingerprint density at radius 1 is 1.34 bits per heavy atom. The van der Waals surface area contributed by atoms with Crippen LogP contribution >= 0.6 is 24.0 Å². The molecule has 0 saturated heterocycles. The van der Waals surface area contributed by atoms with Crippen LogP contribution < -0.4 is 15.4 Å². The molecule has 6 nitrogen and oxygen atoms in total. The van der Waals surface area contributed by atoms with Gasteiger partial charge in [-0.25, -0.2) is 4.39 Å². The largest absolute Gasteiger partial charge is 0.490 e. The van der Waals surface area contributed by atoms with E-state index in [0.717, 1.165) is 38.2 Å². The molecule has 0 bridgehead atoms. The smallest absolute Gasteiger partial charge is 0.191 e. The number of nitrogens with zero attached hydrogens (tertiary/aromatic N) is 2. The van der Waals surface area contributed by atoms with Crippen molar-refractivity contribution in [2.75, 3.05) is 54.1 Å². The molecular weight excluding hydrogens is 486 g/mol. The van der Waals surface area contributed by atoms with Crippen molar-refractivity contribution in [3.63, 3.8) is 0 Å². The highest BCUT2D eigenvalue weighted by atomic mass is 127. The Balaban J connectivity index is 0.00000420. The second-order valence-electron chi connectivity index (χ2n) is 7.46. The van der Waals surface area contributed by atoms with Crippen LogP contribution in [-0.4, -0.2) is 64.9 Å². The molecule has 1 atom stereocenters. The van der Waals surface area contributed by atoms with E-state index in [1.807, 2.05) is 13.0 Å². The molecule has 2 rings (SSSR count). The molecule has 0 aromatic heterocycles. The van der Waals surface area contributed by atoms with E-state index in [4.69, 9.17) is 9.47 Å². The number of nitrogens with one attached hydrogen (secondary N) is 2. The number of likely N-dealkylation sites (N-methyl/N-ethyl adjacent to an activating group) is 1. The van der Waals surface area contributed by atoms with Crippen molar-refractivity contribution in [3.05, 3.63) is 29.6 Å². The predicted octanol–water partition coefficient (Wildman–Crippen LogP) is 3.43. The molecule has 0 aliphatic heterocycles. The second kappa shape index (κ2) is 14.0. The quantitative estimate of drug-likeness (QED) is 0.191. The molecule has 0 spiro atoms. The van der Waals surface area contributed by atoms with Crippen molar-refractivity contribution in [1.82, 2.24) is 15.5 Å². The Labute approximate surface area is 191 Å². The van der Waals surface area contributed by atoms with Crippen molar-refractivity contribution in [2.45, 2.75) is 32.2 Å². The summed E-state index contributed by atoms with van der Waals surface area (Å²) in [6, 6.07) is 5.10. The van der Waals surface area contributed by atoms with Crippen molar-refractivity contribution < 1.29 is 13.9 Å². The summed E-state index contributed by atoms with van der Waals surface area (Å²) in [4.78, 5) is 6.49. The average Bonchev–Trinajstić information content (AvgIpc) is 3.51. The third kappa shape index (κ3) is 9.95. The van der Waals surface area contributed by atoms with Crippen LogP contribution in [0.15, 0.2) is 23.2 Å². The highest BCUT2D eigenvalue weighted by Crippen LogP contribution is 2.30. The fourth-order valence-corrected chi connectivity index (χ4v) is 2.79. The maximum atomic E-state index is 14.3. The van der Waals surface area contributed by atoms with Crippen molar-refractivity contribution in [3.8, 4) is 5.75 Å². The summed E-state index contributed by atoms with van der Waals surface area (Å²) in [6.07, 6.45) is 3.38. The number of aliphatic imine (C=N–C) groups is 1. The van der Waals surface area contributed by atoms with Gasteiger partial charge in [0.2, 0.25) is 0 Å². The lowest BCUT2D eigenvalue weighted by Crippen LogP contribution is -2.40. The maximum absolute atomic E-state index is 14.3. The van der Waals surface area contributed by atoms with E-state index in [1.165, 1.54) is 18.9 Å². The van der Waals surface area contributed by atoms with Gasteiger partial charge >= 0.3 is 0 Å². The zero-order valence-corrected chi connectivity index (χ0v) is 20.4. The molecule has 1 unspecified atom stereocenters. The number of methoxy groups -OCH3 is 1. The van der Waals surface area contributed by atoms with Gasteiger partial charge in [-0.3, -0.25) is 4.99 Å². The van der Waals surface area contributed by atoms with Gasteiger partial charge < -0.3 is 25.0 Å². The zero-order chi connectivity index (χ0) is 20.4. The molecule has 166 valence electrons. The number of hydrogen-bond acceptors (Lipinski definition) is 4. The fourth-order valence-electron chi connectivity index (χ4n) is 2.79. The third-order valence-corrected chi connectivity index (χ3v) is 4.89. The van der Waals surface area contributed by atoms with Gasteiger partial charge in [0.05, 0.1) is 19.3 Å². The Kier molecular flexibility index (Phi) is 12.5. The minimum Gasteiger partial charge on any atom is -0.490 e. The molecule has 1 aliphatic rings. The van der Waals surface area contributed by atoms with Crippen LogP contribution in [0.2, 0.25) is 0 Å². The number of guanidine groups is 1. The van der Waals surface area contributed by atoms with E-state index in [1.54, 1.807) is 20.2 Å². The standard InChI is InChI=1S/C21H35FN4O2.HI/c1-16(18-8-9-20(19(22)14-18)28-15-17-6-7-17)25-21(23-2)24-10-5-11-26(3)12-13-27-4;/h8-9,14,16-17H,5-7,10-13,15H2,1-4H3,(H2,23,24,25);1H. The van der Waals surface area contributed by atoms with Crippen LogP contribution in [0.25, 0.3) is 0 Å². The Hall–Kier alpha value is -1.13. The summed E-state index contributed by atoms with van der Waals surface area (Å²) in [5.74, 6) is 1.34. The fraction of sp³-hybridized carbons (Fsp3) is 0.667. The minimum atomic E-state index is -0.311. The maximum Gasteiger partial charge on any atom is 0.191 e. The van der Waals surface area contributed by atoms with Crippen LogP contribution in [0.1, 0.15) is 37.8 Å². The van der Waals surface area contributed by atoms with E-state index in [2.05, 4.69) is 27.6 Å². The molecule has 0 amide bonds. The number of halogens is 2. The number of ether oxygens (including phenoxy) is 2. The lowest BCUT2D eigenvalue weighted by molar-refractivity contribution is 0.161. The normalized spacial score (nSPS) is 15.0. The number of benzene rings is 1. The third-order valence-electron chi connectivity index (χ3n) is 4.89. The molecule has 29 heavy (non-hydrogen) atoms. The van der Waals surface area contributed by atoms with E-state index in [9.17, 15) is 4.39 Å². The molecule has 1 aromatic rings. The first-order valence-corrected chi connectivity index (χ1v) is 10.1. The van der Waals surface area contributed by atoms with Crippen LogP contribution in [-0.2, 0) is 4.74 Å². The van der Waals surface area contributed by atoms with E-state index < -0.39 is 0 Å². The first-order valence-electron chi connectivity index (χ1n) is 10.1. The Morgan fingerprint density at radius 2 is 2.10 bits per heavy atom. The Bertz CT molecular complexity index is 629. The summed E-state index contributed by atoms with van der Waals surface area (Å²) in [7, 11) is 5.54. The van der Waals surface area contributed by atoms with Gasteiger partial charge in [-0.05, 0) is 63.4 Å². The van der Waals surface area contributed by atoms with E-state index >= 15 is 0 Å². The first-order chi connectivity index (χ1) is 13.5. The van der Waals surface area contributed by atoms with Gasteiger partial charge in [-0.1, -0.05) is 6.07 Å². The van der Waals surface area contributed by atoms with Crippen molar-refractivity contribution in [1.29, 1.82) is 0 Å². The molecule has 1 aromatic carbocycles. The summed E-state index contributed by atoms with van der Waals surface area (Å²) >= 11 is 0. The topological polar surface area (TPSA) is 58.1 Å². The first kappa shape index (κ1) is 25.9. The van der Waals surface area contributed by atoms with Gasteiger partial charge in [-0.15, -0.1) is 24.0 Å². The van der Waals surface area contributed by atoms with E-state index in [-0.39, 0.29) is 35.8 Å². The van der Waals surface area contributed by atoms with Crippen LogP contribution in [0.3, 0.4) is 0 Å². The van der Waals surface area contributed by atoms with Gasteiger partial charge in [0.25, 0.3) is 0 Å². The van der Waals surface area contributed by atoms with Gasteiger partial charge in [-0.2, -0.15) is 0 Å². The van der Waals surface area contributed by atoms with Gasteiger partial charge in [0.1, 0.15) is 0 Å². The molecule has 0 radical (unpaired) electrons. The zero-order valence-electron chi connectivity index (χ0n) is 18.0. The van der Waals surface area contributed by atoms with E-state index in [0.29, 0.717) is 24.2 Å². The van der Waals surface area contributed by atoms with Crippen molar-refractivity contribution in [2.24, 2.45) is 10.9 Å². The summed E-state index contributed by atoms with van der Waals surface area (Å²) in [6.45, 7) is 6.06. The lowest BCUT2D eigenvalue weighted by atomic mass is 10.1. The highest BCUT2D eigenvalue weighted by Gasteiger charge is 2.22. The number of rotatable bonds is 12. The molecular formula is C21H36FIN4O2. The van der Waals surface area contributed by atoms with Crippen LogP contribution in [0.5, 0.6) is 5.75 Å². The van der Waals surface area contributed by atoms with Crippen LogP contribution in [0.4, 0.5) is 4.39 Å². The van der Waals surface area contributed by atoms with Crippen molar-refractivity contribution >= 4 is 29.9 Å². The molecule has 8 heteroatoms. The number of hydrogen-bond donors (Lipinski definition) is 2. The second-order valence-corrected chi connectivity index (χ2v) is 7.46. The highest BCUT2D eigenvalue weighted by molar-refractivity contribution is 14.0. The van der Waals surface area contributed by atoms with Gasteiger partial charge in [0, 0.05) is 27.2 Å². The molecule has 2 N–H and O–H groups in total. The van der Waals surface area contributed by atoms with Gasteiger partial charge in [0.15, 0.2) is 17.5 Å².